The predicted octanol–water partition coefficient (Wildman–Crippen LogP) is 2.04. The maximum atomic E-state index is 5.38. The van der Waals surface area contributed by atoms with Crippen molar-refractivity contribution in [3.8, 4) is 0 Å². The number of rotatable bonds is 4. The van der Waals surface area contributed by atoms with Crippen molar-refractivity contribution in [2.24, 2.45) is 5.84 Å². The van der Waals surface area contributed by atoms with Crippen LogP contribution in [0.25, 0.3) is 0 Å². The topological polar surface area (TPSA) is 92.0 Å². The highest BCUT2D eigenvalue weighted by molar-refractivity contribution is 9.10. The number of nitrogens with zero attached hydrogens (tertiary/aromatic N) is 4. The van der Waals surface area contributed by atoms with E-state index >= 15 is 0 Å². The molecule has 1 heterocycles. The summed E-state index contributed by atoms with van der Waals surface area (Å²) in [6.45, 7) is 2.01. The van der Waals surface area contributed by atoms with Crippen molar-refractivity contribution in [3.63, 3.8) is 0 Å². The lowest BCUT2D eigenvalue weighted by Gasteiger charge is -2.14. The molecule has 1 aromatic carbocycles. The minimum atomic E-state index is 0.301. The highest BCUT2D eigenvalue weighted by Crippen LogP contribution is 2.28. The number of aryl methyl sites for hydroxylation is 1. The zero-order chi connectivity index (χ0) is 14.7. The van der Waals surface area contributed by atoms with Crippen LogP contribution in [0.2, 0.25) is 0 Å². The Labute approximate surface area is 125 Å². The molecule has 20 heavy (non-hydrogen) atoms. The molecule has 0 amide bonds. The molecule has 0 saturated carbocycles. The Bertz CT molecular complexity index is 615. The van der Waals surface area contributed by atoms with Gasteiger partial charge >= 0.3 is 0 Å². The van der Waals surface area contributed by atoms with Gasteiger partial charge in [0.1, 0.15) is 0 Å². The third-order valence-corrected chi connectivity index (χ3v) is 3.64. The SMILES string of the molecule is Cc1cccc(Nc2nc(NN)nc(N(C)C)n2)c1Br. The molecule has 0 fully saturated rings. The van der Waals surface area contributed by atoms with E-state index in [9.17, 15) is 0 Å². The van der Waals surface area contributed by atoms with Crippen LogP contribution in [0, 0.1) is 6.92 Å². The van der Waals surface area contributed by atoms with E-state index in [0.29, 0.717) is 17.8 Å². The van der Waals surface area contributed by atoms with Gasteiger partial charge in [-0.1, -0.05) is 12.1 Å². The van der Waals surface area contributed by atoms with Gasteiger partial charge in [-0.25, -0.2) is 5.84 Å². The summed E-state index contributed by atoms with van der Waals surface area (Å²) in [7, 11) is 3.70. The molecule has 4 N–H and O–H groups in total. The van der Waals surface area contributed by atoms with Crippen molar-refractivity contribution < 1.29 is 0 Å². The standard InChI is InChI=1S/C12H16BrN7/c1-7-5-4-6-8(9(7)13)15-10-16-11(19-14)18-12(17-10)20(2)3/h4-6H,14H2,1-3H3,(H2,15,16,17,18,19). The molecule has 8 heteroatoms. The van der Waals surface area contributed by atoms with Crippen LogP contribution < -0.4 is 21.5 Å². The summed E-state index contributed by atoms with van der Waals surface area (Å²) in [5.74, 6) is 6.61. The predicted molar refractivity (Wildman–Crippen MR) is 84.1 cm³/mol. The summed E-state index contributed by atoms with van der Waals surface area (Å²) >= 11 is 3.54. The van der Waals surface area contributed by atoms with E-state index < -0.39 is 0 Å². The molecule has 0 spiro atoms. The van der Waals surface area contributed by atoms with Gasteiger partial charge in [0.15, 0.2) is 0 Å². The lowest BCUT2D eigenvalue weighted by molar-refractivity contribution is 0.957. The molecule has 7 nitrogen and oxygen atoms in total. The van der Waals surface area contributed by atoms with E-state index in [1.54, 1.807) is 4.90 Å². The highest BCUT2D eigenvalue weighted by atomic mass is 79.9. The molecule has 106 valence electrons. The van der Waals surface area contributed by atoms with E-state index in [1.807, 2.05) is 39.2 Å². The van der Waals surface area contributed by atoms with E-state index in [-0.39, 0.29) is 0 Å². The van der Waals surface area contributed by atoms with Crippen LogP contribution in [0.3, 0.4) is 0 Å². The molecule has 1 aromatic heterocycles. The van der Waals surface area contributed by atoms with E-state index in [4.69, 9.17) is 5.84 Å². The van der Waals surface area contributed by atoms with Crippen molar-refractivity contribution in [1.82, 2.24) is 15.0 Å². The first-order valence-corrected chi connectivity index (χ1v) is 6.72. The van der Waals surface area contributed by atoms with Gasteiger partial charge in [0.25, 0.3) is 0 Å². The first-order chi connectivity index (χ1) is 9.51. The largest absolute Gasteiger partial charge is 0.347 e. The Hall–Kier alpha value is -1.93. The number of anilines is 4. The number of halogens is 1. The second kappa shape index (κ2) is 6.02. The van der Waals surface area contributed by atoms with Crippen LogP contribution in [0.5, 0.6) is 0 Å². The van der Waals surface area contributed by atoms with E-state index in [1.165, 1.54) is 0 Å². The van der Waals surface area contributed by atoms with Gasteiger partial charge in [0, 0.05) is 18.6 Å². The van der Waals surface area contributed by atoms with Crippen molar-refractivity contribution in [3.05, 3.63) is 28.2 Å². The van der Waals surface area contributed by atoms with Crippen molar-refractivity contribution in [2.45, 2.75) is 6.92 Å². The average Bonchev–Trinajstić information content (AvgIpc) is 2.43. The second-order valence-electron chi connectivity index (χ2n) is 4.38. The van der Waals surface area contributed by atoms with Gasteiger partial charge < -0.3 is 10.2 Å². The first-order valence-electron chi connectivity index (χ1n) is 5.93. The Morgan fingerprint density at radius 1 is 1.15 bits per heavy atom. The summed E-state index contributed by atoms with van der Waals surface area (Å²) in [6, 6.07) is 5.91. The number of nitrogens with two attached hydrogens (primary N) is 1. The number of nitrogens with one attached hydrogen (secondary N) is 2. The number of benzene rings is 1. The Kier molecular flexibility index (Phi) is 4.35. The second-order valence-corrected chi connectivity index (χ2v) is 5.18. The highest BCUT2D eigenvalue weighted by Gasteiger charge is 2.09. The minimum absolute atomic E-state index is 0.301. The molecule has 0 aliphatic rings. The summed E-state index contributed by atoms with van der Waals surface area (Å²) in [5, 5.41) is 3.15. The number of hydrogen-bond acceptors (Lipinski definition) is 7. The molecule has 0 aliphatic carbocycles. The van der Waals surface area contributed by atoms with Crippen LogP contribution in [0.1, 0.15) is 5.56 Å². The molecule has 0 atom stereocenters. The maximum Gasteiger partial charge on any atom is 0.243 e. The number of nitrogen functional groups attached to an aromatic ring is 1. The van der Waals surface area contributed by atoms with Crippen LogP contribution in [-0.4, -0.2) is 29.0 Å². The maximum absolute atomic E-state index is 5.38. The van der Waals surface area contributed by atoms with Gasteiger partial charge in [0.05, 0.1) is 5.69 Å². The third-order valence-electron chi connectivity index (χ3n) is 2.59. The van der Waals surface area contributed by atoms with Gasteiger partial charge in [0.2, 0.25) is 17.8 Å². The summed E-state index contributed by atoms with van der Waals surface area (Å²) in [6.07, 6.45) is 0. The lowest BCUT2D eigenvalue weighted by Crippen LogP contribution is -2.18. The summed E-state index contributed by atoms with van der Waals surface area (Å²) < 4.78 is 0.967. The normalized spacial score (nSPS) is 10.2. The molecule has 0 aliphatic heterocycles. The molecule has 0 radical (unpaired) electrons. The van der Waals surface area contributed by atoms with Crippen LogP contribution in [0.4, 0.5) is 23.5 Å². The fraction of sp³-hybridized carbons (Fsp3) is 0.250. The van der Waals surface area contributed by atoms with E-state index in [0.717, 1.165) is 15.7 Å². The van der Waals surface area contributed by atoms with E-state index in [2.05, 4.69) is 41.6 Å². The Morgan fingerprint density at radius 3 is 2.50 bits per heavy atom. The molecular formula is C12H16BrN7. The zero-order valence-electron chi connectivity index (χ0n) is 11.5. The van der Waals surface area contributed by atoms with Gasteiger partial charge in [-0.15, -0.1) is 0 Å². The fourth-order valence-corrected chi connectivity index (χ4v) is 1.91. The number of hydrazine groups is 1. The summed E-state index contributed by atoms with van der Waals surface area (Å²) in [4.78, 5) is 14.4. The molecular weight excluding hydrogens is 322 g/mol. The average molecular weight is 338 g/mol. The van der Waals surface area contributed by atoms with Crippen molar-refractivity contribution >= 4 is 39.5 Å². The van der Waals surface area contributed by atoms with Crippen molar-refractivity contribution in [2.75, 3.05) is 29.7 Å². The Morgan fingerprint density at radius 2 is 1.85 bits per heavy atom. The van der Waals surface area contributed by atoms with Crippen LogP contribution in [-0.2, 0) is 0 Å². The minimum Gasteiger partial charge on any atom is -0.347 e. The monoisotopic (exact) mass is 337 g/mol. The Balaban J connectivity index is 2.37. The molecule has 0 bridgehead atoms. The van der Waals surface area contributed by atoms with Gasteiger partial charge in [-0.05, 0) is 34.5 Å². The van der Waals surface area contributed by atoms with Gasteiger partial charge in [-0.2, -0.15) is 15.0 Å². The lowest BCUT2D eigenvalue weighted by atomic mass is 10.2. The van der Waals surface area contributed by atoms with Crippen LogP contribution in [0.15, 0.2) is 22.7 Å². The number of hydrogen-bond donors (Lipinski definition) is 3. The van der Waals surface area contributed by atoms with Crippen molar-refractivity contribution in [1.29, 1.82) is 0 Å². The number of aromatic nitrogens is 3. The zero-order valence-corrected chi connectivity index (χ0v) is 13.1. The smallest absolute Gasteiger partial charge is 0.243 e. The third kappa shape index (κ3) is 3.14. The van der Waals surface area contributed by atoms with Crippen LogP contribution >= 0.6 is 15.9 Å². The quantitative estimate of drug-likeness (QED) is 0.580. The molecule has 2 rings (SSSR count). The molecule has 2 aromatic rings. The summed E-state index contributed by atoms with van der Waals surface area (Å²) in [5.41, 5.74) is 4.43. The van der Waals surface area contributed by atoms with Gasteiger partial charge in [-0.3, -0.25) is 5.43 Å². The fourth-order valence-electron chi connectivity index (χ4n) is 1.55. The molecule has 0 unspecified atom stereocenters. The first kappa shape index (κ1) is 14.5. The molecule has 0 saturated heterocycles.